The molecule has 0 amide bonds. The molecule has 1 aliphatic rings. The highest BCUT2D eigenvalue weighted by atomic mass is 19.1. The predicted octanol–water partition coefficient (Wildman–Crippen LogP) is 2.38. The summed E-state index contributed by atoms with van der Waals surface area (Å²) in [5.41, 5.74) is 0.784. The second-order valence-corrected chi connectivity index (χ2v) is 4.80. The van der Waals surface area contributed by atoms with Crippen molar-refractivity contribution in [3.63, 3.8) is 0 Å². The molecule has 1 saturated carbocycles. The third-order valence-corrected chi connectivity index (χ3v) is 3.14. The fraction of sp³-hybridized carbons (Fsp3) is 0.571. The van der Waals surface area contributed by atoms with Crippen molar-refractivity contribution in [2.45, 2.75) is 25.3 Å². The molecular formula is C14H20FNO. The Balaban J connectivity index is 1.88. The first-order valence-corrected chi connectivity index (χ1v) is 6.25. The van der Waals surface area contributed by atoms with Gasteiger partial charge in [0.2, 0.25) is 0 Å². The molecule has 0 spiro atoms. The van der Waals surface area contributed by atoms with Crippen molar-refractivity contribution in [1.82, 2.24) is 5.32 Å². The van der Waals surface area contributed by atoms with E-state index in [-0.39, 0.29) is 5.82 Å². The number of halogens is 1. The molecule has 1 unspecified atom stereocenters. The number of hydrogen-bond donors (Lipinski definition) is 1. The molecule has 1 atom stereocenters. The first kappa shape index (κ1) is 12.5. The van der Waals surface area contributed by atoms with Gasteiger partial charge in [0.1, 0.15) is 5.82 Å². The average molecular weight is 237 g/mol. The number of nitrogens with one attached hydrogen (secondary N) is 1. The molecule has 0 aromatic heterocycles. The third kappa shape index (κ3) is 4.10. The molecular weight excluding hydrogens is 217 g/mol. The molecule has 2 nitrogen and oxygen atoms in total. The second kappa shape index (κ2) is 6.12. The van der Waals surface area contributed by atoms with Crippen LogP contribution in [0.4, 0.5) is 4.39 Å². The highest BCUT2D eigenvalue weighted by molar-refractivity contribution is 5.17. The zero-order valence-corrected chi connectivity index (χ0v) is 10.3. The Hall–Kier alpha value is -0.930. The lowest BCUT2D eigenvalue weighted by Gasteiger charge is -2.17. The van der Waals surface area contributed by atoms with Gasteiger partial charge in [-0.3, -0.25) is 0 Å². The van der Waals surface area contributed by atoms with Crippen molar-refractivity contribution in [1.29, 1.82) is 0 Å². The topological polar surface area (TPSA) is 21.3 Å². The van der Waals surface area contributed by atoms with Crippen LogP contribution in [0.2, 0.25) is 0 Å². The van der Waals surface area contributed by atoms with E-state index in [0.29, 0.717) is 18.6 Å². The molecule has 0 heterocycles. The van der Waals surface area contributed by atoms with E-state index in [2.05, 4.69) is 5.32 Å². The zero-order chi connectivity index (χ0) is 12.1. The van der Waals surface area contributed by atoms with Crippen molar-refractivity contribution in [2.75, 3.05) is 20.3 Å². The Morgan fingerprint density at radius 2 is 2.18 bits per heavy atom. The predicted molar refractivity (Wildman–Crippen MR) is 66.5 cm³/mol. The van der Waals surface area contributed by atoms with Crippen molar-refractivity contribution in [2.24, 2.45) is 5.92 Å². The monoisotopic (exact) mass is 237 g/mol. The summed E-state index contributed by atoms with van der Waals surface area (Å²) >= 11 is 0. The minimum absolute atomic E-state index is 0.111. The van der Waals surface area contributed by atoms with Crippen LogP contribution in [0.25, 0.3) is 0 Å². The molecule has 94 valence electrons. The van der Waals surface area contributed by atoms with Gasteiger partial charge >= 0.3 is 0 Å². The van der Waals surface area contributed by atoms with Gasteiger partial charge < -0.3 is 10.1 Å². The summed E-state index contributed by atoms with van der Waals surface area (Å²) in [7, 11) is 1.70. The van der Waals surface area contributed by atoms with Crippen LogP contribution in [-0.4, -0.2) is 26.3 Å². The quantitative estimate of drug-likeness (QED) is 0.786. The molecule has 1 N–H and O–H groups in total. The molecule has 17 heavy (non-hydrogen) atoms. The maximum absolute atomic E-state index is 13.5. The standard InChI is InChI=1S/C14H20FNO/c1-17-10-11(9-16-13-6-7-13)8-12-4-2-3-5-14(12)15/h2-5,11,13,16H,6-10H2,1H3. The van der Waals surface area contributed by atoms with Crippen LogP contribution in [0, 0.1) is 11.7 Å². The molecule has 2 rings (SSSR count). The molecule has 0 bridgehead atoms. The maximum atomic E-state index is 13.5. The Kier molecular flexibility index (Phi) is 4.51. The molecule has 0 saturated heterocycles. The van der Waals surface area contributed by atoms with Crippen molar-refractivity contribution < 1.29 is 9.13 Å². The molecule has 3 heteroatoms. The Morgan fingerprint density at radius 3 is 2.82 bits per heavy atom. The Labute approximate surface area is 102 Å². The summed E-state index contributed by atoms with van der Waals surface area (Å²) in [5.74, 6) is 0.234. The summed E-state index contributed by atoms with van der Waals surface area (Å²) < 4.78 is 18.7. The van der Waals surface area contributed by atoms with Gasteiger partial charge in [0.05, 0.1) is 6.61 Å². The van der Waals surface area contributed by atoms with E-state index in [1.54, 1.807) is 13.2 Å². The normalized spacial score (nSPS) is 17.1. The molecule has 0 aliphatic heterocycles. The lowest BCUT2D eigenvalue weighted by molar-refractivity contribution is 0.150. The zero-order valence-electron chi connectivity index (χ0n) is 10.3. The van der Waals surface area contributed by atoms with Crippen molar-refractivity contribution in [3.05, 3.63) is 35.6 Å². The van der Waals surface area contributed by atoms with Crippen LogP contribution in [0.1, 0.15) is 18.4 Å². The first-order valence-electron chi connectivity index (χ1n) is 6.25. The van der Waals surface area contributed by atoms with Crippen LogP contribution < -0.4 is 5.32 Å². The minimum atomic E-state index is -0.111. The number of methoxy groups -OCH3 is 1. The van der Waals surface area contributed by atoms with Crippen LogP contribution in [-0.2, 0) is 11.2 Å². The van der Waals surface area contributed by atoms with Crippen molar-refractivity contribution in [3.8, 4) is 0 Å². The first-order chi connectivity index (χ1) is 8.29. The number of hydrogen-bond acceptors (Lipinski definition) is 2. The second-order valence-electron chi connectivity index (χ2n) is 4.80. The number of ether oxygens (including phenoxy) is 1. The van der Waals surface area contributed by atoms with Gasteiger partial charge in [0.25, 0.3) is 0 Å². The third-order valence-electron chi connectivity index (χ3n) is 3.14. The van der Waals surface area contributed by atoms with E-state index in [4.69, 9.17) is 4.74 Å². The van der Waals surface area contributed by atoms with Crippen LogP contribution >= 0.6 is 0 Å². The maximum Gasteiger partial charge on any atom is 0.126 e. The van der Waals surface area contributed by atoms with Gasteiger partial charge in [-0.25, -0.2) is 4.39 Å². The van der Waals surface area contributed by atoms with Gasteiger partial charge in [-0.05, 0) is 36.8 Å². The molecule has 1 aromatic rings. The lowest BCUT2D eigenvalue weighted by Crippen LogP contribution is -2.29. The van der Waals surface area contributed by atoms with E-state index >= 15 is 0 Å². The smallest absolute Gasteiger partial charge is 0.126 e. The summed E-state index contributed by atoms with van der Waals surface area (Å²) in [6.45, 7) is 1.58. The fourth-order valence-corrected chi connectivity index (χ4v) is 2.02. The fourth-order valence-electron chi connectivity index (χ4n) is 2.02. The van der Waals surface area contributed by atoms with Crippen LogP contribution in [0.3, 0.4) is 0 Å². The summed E-state index contributed by atoms with van der Waals surface area (Å²) in [4.78, 5) is 0. The highest BCUT2D eigenvalue weighted by Crippen LogP contribution is 2.20. The Bertz CT molecular complexity index is 352. The average Bonchev–Trinajstić information content (AvgIpc) is 3.13. The van der Waals surface area contributed by atoms with E-state index in [1.807, 2.05) is 12.1 Å². The highest BCUT2D eigenvalue weighted by Gasteiger charge is 2.22. The number of benzene rings is 1. The lowest BCUT2D eigenvalue weighted by atomic mass is 9.99. The summed E-state index contributed by atoms with van der Waals surface area (Å²) in [5, 5.41) is 3.48. The molecule has 0 radical (unpaired) electrons. The van der Waals surface area contributed by atoms with E-state index < -0.39 is 0 Å². The minimum Gasteiger partial charge on any atom is -0.384 e. The summed E-state index contributed by atoms with van der Waals surface area (Å²) in [6.07, 6.45) is 3.29. The van der Waals surface area contributed by atoms with Gasteiger partial charge in [-0.2, -0.15) is 0 Å². The number of rotatable bonds is 7. The molecule has 1 aliphatic carbocycles. The van der Waals surface area contributed by atoms with E-state index in [1.165, 1.54) is 18.9 Å². The summed E-state index contributed by atoms with van der Waals surface area (Å²) in [6, 6.07) is 7.68. The van der Waals surface area contributed by atoms with Crippen LogP contribution in [0.5, 0.6) is 0 Å². The SMILES string of the molecule is COCC(CNC1CC1)Cc1ccccc1F. The van der Waals surface area contributed by atoms with Crippen LogP contribution in [0.15, 0.2) is 24.3 Å². The Morgan fingerprint density at radius 1 is 1.41 bits per heavy atom. The van der Waals surface area contributed by atoms with Gasteiger partial charge in [0, 0.05) is 19.7 Å². The van der Waals surface area contributed by atoms with Gasteiger partial charge in [-0.1, -0.05) is 18.2 Å². The van der Waals surface area contributed by atoms with Gasteiger partial charge in [0.15, 0.2) is 0 Å². The van der Waals surface area contributed by atoms with E-state index in [9.17, 15) is 4.39 Å². The van der Waals surface area contributed by atoms with E-state index in [0.717, 1.165) is 18.5 Å². The van der Waals surface area contributed by atoms with Gasteiger partial charge in [-0.15, -0.1) is 0 Å². The van der Waals surface area contributed by atoms with Crippen molar-refractivity contribution >= 4 is 0 Å². The molecule has 1 aromatic carbocycles. The largest absolute Gasteiger partial charge is 0.384 e. The molecule has 1 fully saturated rings.